The topological polar surface area (TPSA) is 47.6 Å². The van der Waals surface area contributed by atoms with E-state index in [-0.39, 0.29) is 11.7 Å². The lowest BCUT2D eigenvalue weighted by molar-refractivity contribution is -0.00113. The zero-order chi connectivity index (χ0) is 9.31. The molecule has 0 bridgehead atoms. The number of nitrogens with one attached hydrogen (secondary N) is 1. The minimum Gasteiger partial charge on any atom is -0.441 e. The Balaban J connectivity index is 2.10. The lowest BCUT2D eigenvalue weighted by Gasteiger charge is -2.30. The maximum Gasteiger partial charge on any atom is 0.407 e. The van der Waals surface area contributed by atoms with Gasteiger partial charge in [-0.3, -0.25) is 0 Å². The molecule has 2 rings (SSSR count). The zero-order valence-electron chi connectivity index (χ0n) is 7.84. The van der Waals surface area contributed by atoms with E-state index in [9.17, 15) is 4.79 Å². The summed E-state index contributed by atoms with van der Waals surface area (Å²) in [5, 5.41) is 2.72. The number of hydrogen-bond donors (Lipinski definition) is 1. The molecule has 0 aromatic heterocycles. The molecule has 0 aliphatic carbocycles. The molecule has 0 aromatic rings. The molecule has 2 saturated heterocycles. The maximum absolute atomic E-state index is 11.0. The first-order valence-electron chi connectivity index (χ1n) is 4.81. The largest absolute Gasteiger partial charge is 0.441 e. The number of ether oxygens (including phenoxy) is 2. The summed E-state index contributed by atoms with van der Waals surface area (Å²) in [6.07, 6.45) is 1.58. The van der Waals surface area contributed by atoms with Crippen molar-refractivity contribution in [3.8, 4) is 0 Å². The van der Waals surface area contributed by atoms with Crippen LogP contribution in [0, 0.1) is 5.92 Å². The van der Waals surface area contributed by atoms with Gasteiger partial charge in [-0.15, -0.1) is 0 Å². The molecular formula is C9H15NO3. The van der Waals surface area contributed by atoms with Crippen molar-refractivity contribution < 1.29 is 14.3 Å². The van der Waals surface area contributed by atoms with Crippen LogP contribution in [0.25, 0.3) is 0 Å². The second-order valence-electron chi connectivity index (χ2n) is 3.72. The van der Waals surface area contributed by atoms with Gasteiger partial charge < -0.3 is 14.8 Å². The van der Waals surface area contributed by atoms with Crippen LogP contribution in [0.3, 0.4) is 0 Å². The number of cyclic esters (lactones) is 1. The highest BCUT2D eigenvalue weighted by atomic mass is 16.6. The van der Waals surface area contributed by atoms with E-state index in [1.807, 2.05) is 0 Å². The van der Waals surface area contributed by atoms with Crippen molar-refractivity contribution in [2.24, 2.45) is 5.92 Å². The van der Waals surface area contributed by atoms with Gasteiger partial charge in [0.1, 0.15) is 5.60 Å². The highest BCUT2D eigenvalue weighted by molar-refractivity contribution is 5.70. The molecule has 4 heteroatoms. The summed E-state index contributed by atoms with van der Waals surface area (Å²) in [7, 11) is 0. The second kappa shape index (κ2) is 3.18. The van der Waals surface area contributed by atoms with Crippen molar-refractivity contribution in [3.05, 3.63) is 0 Å². The molecule has 2 heterocycles. The van der Waals surface area contributed by atoms with Gasteiger partial charge in [0.05, 0.1) is 13.2 Å². The molecule has 2 unspecified atom stereocenters. The second-order valence-corrected chi connectivity index (χ2v) is 3.72. The number of rotatable bonds is 2. The summed E-state index contributed by atoms with van der Waals surface area (Å²) in [6, 6.07) is 0. The highest BCUT2D eigenvalue weighted by Gasteiger charge is 2.46. The number of carbonyl (C=O) groups is 1. The fraction of sp³-hybridized carbons (Fsp3) is 0.889. The van der Waals surface area contributed by atoms with Crippen LogP contribution < -0.4 is 5.32 Å². The van der Waals surface area contributed by atoms with E-state index in [4.69, 9.17) is 9.47 Å². The normalized spacial score (nSPS) is 38.8. The third kappa shape index (κ3) is 1.39. The third-order valence-corrected chi connectivity index (χ3v) is 3.10. The summed E-state index contributed by atoms with van der Waals surface area (Å²) >= 11 is 0. The number of carbonyl (C=O) groups excluding carboxylic acids is 1. The quantitative estimate of drug-likeness (QED) is 0.695. The van der Waals surface area contributed by atoms with Crippen molar-refractivity contribution in [1.29, 1.82) is 0 Å². The molecule has 74 valence electrons. The van der Waals surface area contributed by atoms with E-state index in [0.29, 0.717) is 12.5 Å². The van der Waals surface area contributed by atoms with Crippen molar-refractivity contribution in [3.63, 3.8) is 0 Å². The molecule has 0 spiro atoms. The molecule has 13 heavy (non-hydrogen) atoms. The van der Waals surface area contributed by atoms with Gasteiger partial charge in [0.25, 0.3) is 0 Å². The Morgan fingerprint density at radius 2 is 2.54 bits per heavy atom. The van der Waals surface area contributed by atoms with Gasteiger partial charge in [0.15, 0.2) is 0 Å². The van der Waals surface area contributed by atoms with Gasteiger partial charge in [-0.1, -0.05) is 6.92 Å². The Hall–Kier alpha value is -0.770. The van der Waals surface area contributed by atoms with Crippen LogP contribution in [-0.4, -0.2) is 31.5 Å². The Kier molecular flexibility index (Phi) is 2.15. The summed E-state index contributed by atoms with van der Waals surface area (Å²) in [5.74, 6) is 0.372. The van der Waals surface area contributed by atoms with Gasteiger partial charge in [0, 0.05) is 12.5 Å². The van der Waals surface area contributed by atoms with E-state index in [0.717, 1.165) is 26.1 Å². The van der Waals surface area contributed by atoms with Gasteiger partial charge >= 0.3 is 6.09 Å². The minimum absolute atomic E-state index is 0.284. The van der Waals surface area contributed by atoms with Crippen LogP contribution in [0.2, 0.25) is 0 Å². The van der Waals surface area contributed by atoms with Crippen molar-refractivity contribution in [2.45, 2.75) is 25.4 Å². The third-order valence-electron chi connectivity index (χ3n) is 3.10. The average Bonchev–Trinajstić information content (AvgIpc) is 2.73. The summed E-state index contributed by atoms with van der Waals surface area (Å²) in [4.78, 5) is 11.0. The Morgan fingerprint density at radius 3 is 3.00 bits per heavy atom. The predicted octanol–water partition coefficient (Wildman–Crippen LogP) is 0.911. The molecule has 2 fully saturated rings. The van der Waals surface area contributed by atoms with Crippen molar-refractivity contribution in [2.75, 3.05) is 19.8 Å². The van der Waals surface area contributed by atoms with E-state index in [2.05, 4.69) is 12.2 Å². The Labute approximate surface area is 77.6 Å². The molecule has 2 atom stereocenters. The summed E-state index contributed by atoms with van der Waals surface area (Å²) in [5.41, 5.74) is -0.298. The summed E-state index contributed by atoms with van der Waals surface area (Å²) in [6.45, 7) is 4.21. The molecule has 1 amide bonds. The first-order chi connectivity index (χ1) is 6.27. The number of hydrogen-bond acceptors (Lipinski definition) is 3. The minimum atomic E-state index is -0.298. The van der Waals surface area contributed by atoms with Crippen LogP contribution in [0.1, 0.15) is 19.8 Å². The molecule has 4 nitrogen and oxygen atoms in total. The summed E-state index contributed by atoms with van der Waals surface area (Å²) < 4.78 is 10.7. The number of alkyl carbamates (subject to hydrolysis) is 1. The van der Waals surface area contributed by atoms with Crippen LogP contribution in [0.5, 0.6) is 0 Å². The van der Waals surface area contributed by atoms with Crippen LogP contribution >= 0.6 is 0 Å². The maximum atomic E-state index is 11.0. The SMILES string of the molecule is CCC1(C2CCOC2)CNC(=O)O1. The van der Waals surface area contributed by atoms with E-state index in [1.54, 1.807) is 0 Å². The molecule has 0 saturated carbocycles. The molecule has 2 aliphatic rings. The fourth-order valence-corrected chi connectivity index (χ4v) is 2.14. The van der Waals surface area contributed by atoms with Crippen LogP contribution in [-0.2, 0) is 9.47 Å². The molecular weight excluding hydrogens is 170 g/mol. The van der Waals surface area contributed by atoms with E-state index < -0.39 is 0 Å². The standard InChI is InChI=1S/C9H15NO3/c1-2-9(6-10-8(11)13-9)7-3-4-12-5-7/h7H,2-6H2,1H3,(H,10,11). The predicted molar refractivity (Wildman–Crippen MR) is 46.4 cm³/mol. The first kappa shape index (κ1) is 8.81. The highest BCUT2D eigenvalue weighted by Crippen LogP contribution is 2.34. The van der Waals surface area contributed by atoms with Crippen molar-refractivity contribution >= 4 is 6.09 Å². The van der Waals surface area contributed by atoms with Crippen molar-refractivity contribution in [1.82, 2.24) is 5.32 Å². The Morgan fingerprint density at radius 1 is 1.69 bits per heavy atom. The van der Waals surface area contributed by atoms with Gasteiger partial charge in [-0.2, -0.15) is 0 Å². The molecule has 1 N–H and O–H groups in total. The van der Waals surface area contributed by atoms with Gasteiger partial charge in [-0.25, -0.2) is 4.79 Å². The smallest absolute Gasteiger partial charge is 0.407 e. The lowest BCUT2D eigenvalue weighted by Crippen LogP contribution is -2.41. The zero-order valence-corrected chi connectivity index (χ0v) is 7.84. The van der Waals surface area contributed by atoms with Gasteiger partial charge in [0.2, 0.25) is 0 Å². The number of amides is 1. The first-order valence-corrected chi connectivity index (χ1v) is 4.81. The monoisotopic (exact) mass is 185 g/mol. The molecule has 0 aromatic carbocycles. The molecule has 2 aliphatic heterocycles. The van der Waals surface area contributed by atoms with E-state index >= 15 is 0 Å². The fourth-order valence-electron chi connectivity index (χ4n) is 2.14. The average molecular weight is 185 g/mol. The van der Waals surface area contributed by atoms with Crippen LogP contribution in [0.15, 0.2) is 0 Å². The molecule has 0 radical (unpaired) electrons. The Bertz CT molecular complexity index is 213. The van der Waals surface area contributed by atoms with Gasteiger partial charge in [-0.05, 0) is 12.8 Å². The lowest BCUT2D eigenvalue weighted by atomic mass is 9.84. The van der Waals surface area contributed by atoms with Crippen LogP contribution in [0.4, 0.5) is 4.79 Å². The van der Waals surface area contributed by atoms with E-state index in [1.165, 1.54) is 0 Å².